The number of hydrogen-bond acceptors (Lipinski definition) is 2. The van der Waals surface area contributed by atoms with Crippen LogP contribution in [0.5, 0.6) is 0 Å². The van der Waals surface area contributed by atoms with Crippen molar-refractivity contribution in [1.29, 1.82) is 0 Å². The fourth-order valence-electron chi connectivity index (χ4n) is 5.05. The maximum Gasteiger partial charge on any atom is 0.232 e. The van der Waals surface area contributed by atoms with Crippen LogP contribution in [-0.4, -0.2) is 35.8 Å². The number of halogens is 1. The minimum Gasteiger partial charge on any atom is -0.369 e. The first-order chi connectivity index (χ1) is 14.7. The molecule has 1 aliphatic rings. The van der Waals surface area contributed by atoms with Crippen LogP contribution < -0.4 is 5.73 Å². The lowest BCUT2D eigenvalue weighted by Crippen LogP contribution is -2.49. The van der Waals surface area contributed by atoms with Gasteiger partial charge in [0.25, 0.3) is 0 Å². The molecule has 0 aliphatic carbocycles. The Balaban J connectivity index is 1.71. The fraction of sp³-hybridized carbons (Fsp3) is 0.500. The number of primary amides is 1. The zero-order valence-corrected chi connectivity index (χ0v) is 19.5. The van der Waals surface area contributed by atoms with Gasteiger partial charge in [0.15, 0.2) is 0 Å². The van der Waals surface area contributed by atoms with E-state index in [2.05, 4.69) is 45.1 Å². The molecule has 2 aromatic rings. The highest BCUT2D eigenvalue weighted by Gasteiger charge is 2.49. The number of benzene rings is 2. The third kappa shape index (κ3) is 5.33. The Morgan fingerprint density at radius 3 is 1.97 bits per heavy atom. The van der Waals surface area contributed by atoms with Crippen molar-refractivity contribution in [3.63, 3.8) is 0 Å². The van der Waals surface area contributed by atoms with Crippen molar-refractivity contribution in [2.24, 2.45) is 11.7 Å². The van der Waals surface area contributed by atoms with E-state index in [0.717, 1.165) is 42.5 Å². The summed E-state index contributed by atoms with van der Waals surface area (Å²) in [6.07, 6.45) is 8.79. The third-order valence-electron chi connectivity index (χ3n) is 6.59. The molecule has 1 fully saturated rings. The SMILES string of the molecule is NC(=O)C(c1ccccc1)(c1ccccc1)[C@@H]1CCN(CCCCCCCCBr)C1. The predicted molar refractivity (Wildman–Crippen MR) is 129 cm³/mol. The molecule has 2 aromatic carbocycles. The van der Waals surface area contributed by atoms with Gasteiger partial charge in [0.1, 0.15) is 5.41 Å². The highest BCUT2D eigenvalue weighted by Crippen LogP contribution is 2.43. The summed E-state index contributed by atoms with van der Waals surface area (Å²) in [5.41, 5.74) is 7.44. The average molecular weight is 471 g/mol. The molecular weight excluding hydrogens is 436 g/mol. The number of unbranched alkanes of at least 4 members (excludes halogenated alkanes) is 5. The largest absolute Gasteiger partial charge is 0.369 e. The third-order valence-corrected chi connectivity index (χ3v) is 7.15. The van der Waals surface area contributed by atoms with E-state index in [0.29, 0.717) is 0 Å². The van der Waals surface area contributed by atoms with Gasteiger partial charge in [-0.05, 0) is 49.4 Å². The number of nitrogens with zero attached hydrogens (tertiary/aromatic N) is 1. The van der Waals surface area contributed by atoms with Crippen LogP contribution in [0, 0.1) is 5.92 Å². The quantitative estimate of drug-likeness (QED) is 0.328. The van der Waals surface area contributed by atoms with E-state index in [4.69, 9.17) is 5.73 Å². The lowest BCUT2D eigenvalue weighted by molar-refractivity contribution is -0.123. The van der Waals surface area contributed by atoms with Crippen molar-refractivity contribution in [2.75, 3.05) is 25.0 Å². The molecule has 0 aromatic heterocycles. The minimum atomic E-state index is -0.771. The monoisotopic (exact) mass is 470 g/mol. The summed E-state index contributed by atoms with van der Waals surface area (Å²) in [7, 11) is 0. The average Bonchev–Trinajstić information content (AvgIpc) is 3.24. The number of rotatable bonds is 12. The van der Waals surface area contributed by atoms with Gasteiger partial charge in [-0.2, -0.15) is 0 Å². The van der Waals surface area contributed by atoms with E-state index >= 15 is 0 Å². The maximum absolute atomic E-state index is 13.1. The van der Waals surface area contributed by atoms with E-state index < -0.39 is 5.41 Å². The molecule has 1 heterocycles. The summed E-state index contributed by atoms with van der Waals surface area (Å²) >= 11 is 3.50. The predicted octanol–water partition coefficient (Wildman–Crippen LogP) is 5.52. The second-order valence-corrected chi connectivity index (χ2v) is 9.29. The van der Waals surface area contributed by atoms with Gasteiger partial charge in [-0.1, -0.05) is 102 Å². The summed E-state index contributed by atoms with van der Waals surface area (Å²) < 4.78 is 0. The van der Waals surface area contributed by atoms with Gasteiger partial charge in [0.2, 0.25) is 5.91 Å². The first-order valence-electron chi connectivity index (χ1n) is 11.4. The van der Waals surface area contributed by atoms with Gasteiger partial charge < -0.3 is 10.6 Å². The van der Waals surface area contributed by atoms with Gasteiger partial charge in [0.05, 0.1) is 0 Å². The molecule has 0 radical (unpaired) electrons. The number of amides is 1. The molecule has 1 aliphatic heterocycles. The summed E-state index contributed by atoms with van der Waals surface area (Å²) in [5, 5.41) is 1.12. The van der Waals surface area contributed by atoms with Crippen molar-refractivity contribution in [2.45, 2.75) is 50.4 Å². The van der Waals surface area contributed by atoms with Crippen LogP contribution in [0.15, 0.2) is 60.7 Å². The number of carbonyl (C=O) groups excluding carboxylic acids is 1. The van der Waals surface area contributed by atoms with Crippen LogP contribution in [0.3, 0.4) is 0 Å². The first kappa shape index (κ1) is 23.0. The maximum atomic E-state index is 13.1. The van der Waals surface area contributed by atoms with Crippen molar-refractivity contribution < 1.29 is 4.79 Å². The molecular formula is C26H35BrN2O. The zero-order chi connectivity index (χ0) is 21.2. The normalized spacial score (nSPS) is 17.3. The summed E-state index contributed by atoms with van der Waals surface area (Å²) in [5.74, 6) is -0.0442. The molecule has 1 amide bonds. The number of hydrogen-bond donors (Lipinski definition) is 1. The lowest BCUT2D eigenvalue weighted by atomic mass is 9.64. The van der Waals surface area contributed by atoms with E-state index in [-0.39, 0.29) is 11.8 Å². The Bertz CT molecular complexity index is 726. The van der Waals surface area contributed by atoms with Crippen molar-refractivity contribution in [3.05, 3.63) is 71.8 Å². The minimum absolute atomic E-state index is 0.193. The van der Waals surface area contributed by atoms with Gasteiger partial charge in [-0.15, -0.1) is 0 Å². The molecule has 162 valence electrons. The molecule has 1 atom stereocenters. The molecule has 3 nitrogen and oxygen atoms in total. The second-order valence-electron chi connectivity index (χ2n) is 8.50. The first-order valence-corrected chi connectivity index (χ1v) is 12.5. The number of nitrogens with two attached hydrogens (primary N) is 1. The molecule has 2 N–H and O–H groups in total. The molecule has 1 saturated heterocycles. The van der Waals surface area contributed by atoms with Crippen LogP contribution in [-0.2, 0) is 10.2 Å². The molecule has 3 rings (SSSR count). The fourth-order valence-corrected chi connectivity index (χ4v) is 5.45. The summed E-state index contributed by atoms with van der Waals surface area (Å²) in [6, 6.07) is 20.3. The number of likely N-dealkylation sites (tertiary alicyclic amines) is 1. The Morgan fingerprint density at radius 2 is 1.43 bits per heavy atom. The van der Waals surface area contributed by atoms with Crippen molar-refractivity contribution >= 4 is 21.8 Å². The second kappa shape index (κ2) is 11.7. The van der Waals surface area contributed by atoms with E-state index in [9.17, 15) is 4.79 Å². The standard InChI is InChI=1S/C26H35BrN2O/c27-18-11-3-1-2-4-12-19-29-20-17-24(21-29)26(25(28)30,22-13-7-5-8-14-22)23-15-9-6-10-16-23/h5-10,13-16,24H,1-4,11-12,17-21H2,(H2,28,30)/t24-/m1/s1. The van der Waals surface area contributed by atoms with Gasteiger partial charge in [-0.25, -0.2) is 0 Å². The van der Waals surface area contributed by atoms with E-state index in [1.54, 1.807) is 0 Å². The highest BCUT2D eigenvalue weighted by atomic mass is 79.9. The van der Waals surface area contributed by atoms with Crippen molar-refractivity contribution in [3.8, 4) is 0 Å². The Morgan fingerprint density at radius 1 is 0.900 bits per heavy atom. The van der Waals surface area contributed by atoms with Crippen LogP contribution in [0.1, 0.15) is 56.1 Å². The Hall–Kier alpha value is -1.65. The molecule has 30 heavy (non-hydrogen) atoms. The van der Waals surface area contributed by atoms with Crippen LogP contribution >= 0.6 is 15.9 Å². The molecule has 0 saturated carbocycles. The molecule has 0 spiro atoms. The smallest absolute Gasteiger partial charge is 0.232 e. The Labute approximate surface area is 190 Å². The van der Waals surface area contributed by atoms with Crippen LogP contribution in [0.25, 0.3) is 0 Å². The molecule has 4 heteroatoms. The lowest BCUT2D eigenvalue weighted by Gasteiger charge is -2.37. The summed E-state index contributed by atoms with van der Waals surface area (Å²) in [6.45, 7) is 3.09. The Kier molecular flexibility index (Phi) is 8.95. The van der Waals surface area contributed by atoms with E-state index in [1.807, 2.05) is 36.4 Å². The zero-order valence-electron chi connectivity index (χ0n) is 17.9. The topological polar surface area (TPSA) is 46.3 Å². The number of alkyl halides is 1. The van der Waals surface area contributed by atoms with Crippen LogP contribution in [0.4, 0.5) is 0 Å². The number of carbonyl (C=O) groups is 1. The molecule has 0 unspecified atom stereocenters. The van der Waals surface area contributed by atoms with Crippen LogP contribution in [0.2, 0.25) is 0 Å². The van der Waals surface area contributed by atoms with Gasteiger partial charge >= 0.3 is 0 Å². The molecule has 0 bridgehead atoms. The van der Waals surface area contributed by atoms with Gasteiger partial charge in [-0.3, -0.25) is 4.79 Å². The van der Waals surface area contributed by atoms with Gasteiger partial charge in [0, 0.05) is 11.9 Å². The summed E-state index contributed by atoms with van der Waals surface area (Å²) in [4.78, 5) is 15.6. The van der Waals surface area contributed by atoms with Crippen molar-refractivity contribution in [1.82, 2.24) is 4.90 Å². The van der Waals surface area contributed by atoms with E-state index in [1.165, 1.54) is 38.5 Å². The highest BCUT2D eigenvalue weighted by molar-refractivity contribution is 9.09.